The minimum absolute atomic E-state index is 0.0255. The smallest absolute Gasteiger partial charge is 0.170 e. The van der Waals surface area contributed by atoms with Gasteiger partial charge in [-0.25, -0.2) is 0 Å². The molecule has 8 heavy (non-hydrogen) atoms. The summed E-state index contributed by atoms with van der Waals surface area (Å²) in [6, 6.07) is 0. The minimum Gasteiger partial charge on any atom is -0.511 e. The molecule has 0 aromatic rings. The second-order valence-electron chi connectivity index (χ2n) is 1.46. The molecular formula is C5H7BrO2. The van der Waals surface area contributed by atoms with Crippen LogP contribution in [0.3, 0.4) is 0 Å². The second-order valence-corrected chi connectivity index (χ2v) is 2.25. The van der Waals surface area contributed by atoms with Gasteiger partial charge < -0.3 is 5.11 Å². The predicted octanol–water partition coefficient (Wildman–Crippen LogP) is 1.76. The molecule has 0 aromatic heterocycles. The topological polar surface area (TPSA) is 37.3 Å². The molecule has 0 unspecified atom stereocenters. The van der Waals surface area contributed by atoms with Crippen LogP contribution in [0.4, 0.5) is 0 Å². The number of carbonyl (C=O) groups excluding carboxylic acids is 1. The molecule has 0 spiro atoms. The largest absolute Gasteiger partial charge is 0.511 e. The van der Waals surface area contributed by atoms with Crippen LogP contribution in [0.5, 0.6) is 0 Å². The zero-order valence-electron chi connectivity index (χ0n) is 4.73. The first kappa shape index (κ1) is 7.69. The molecule has 0 radical (unpaired) electrons. The zero-order chi connectivity index (χ0) is 6.73. The Balaban J connectivity index is 4.23. The third kappa shape index (κ3) is 2.12. The average Bonchev–Trinajstić information content (AvgIpc) is 1.64. The van der Waals surface area contributed by atoms with Crippen molar-refractivity contribution in [1.82, 2.24) is 0 Å². The maximum absolute atomic E-state index is 10.3. The van der Waals surface area contributed by atoms with E-state index in [4.69, 9.17) is 5.11 Å². The fourth-order valence-electron chi connectivity index (χ4n) is 0.255. The van der Waals surface area contributed by atoms with Gasteiger partial charge in [0, 0.05) is 0 Å². The predicted molar refractivity (Wildman–Crippen MR) is 34.9 cm³/mol. The van der Waals surface area contributed by atoms with Crippen molar-refractivity contribution < 1.29 is 9.90 Å². The summed E-state index contributed by atoms with van der Waals surface area (Å²) in [5.74, 6) is -0.137. The van der Waals surface area contributed by atoms with E-state index in [1.54, 1.807) is 0 Å². The van der Waals surface area contributed by atoms with Gasteiger partial charge in [0.2, 0.25) is 0 Å². The number of hydrogen-bond acceptors (Lipinski definition) is 2. The highest BCUT2D eigenvalue weighted by Crippen LogP contribution is 2.09. The molecule has 0 amide bonds. The highest BCUT2D eigenvalue weighted by molar-refractivity contribution is 9.12. The summed E-state index contributed by atoms with van der Waals surface area (Å²) < 4.78 is 0.248. The van der Waals surface area contributed by atoms with E-state index >= 15 is 0 Å². The van der Waals surface area contributed by atoms with Crippen LogP contribution < -0.4 is 0 Å². The van der Waals surface area contributed by atoms with Crippen molar-refractivity contribution in [2.24, 2.45) is 0 Å². The van der Waals surface area contributed by atoms with E-state index in [1.807, 2.05) is 0 Å². The van der Waals surface area contributed by atoms with Crippen molar-refractivity contribution in [3.8, 4) is 0 Å². The van der Waals surface area contributed by atoms with Gasteiger partial charge in [0.1, 0.15) is 5.76 Å². The zero-order valence-corrected chi connectivity index (χ0v) is 6.32. The van der Waals surface area contributed by atoms with Gasteiger partial charge in [-0.3, -0.25) is 4.79 Å². The van der Waals surface area contributed by atoms with Gasteiger partial charge in [-0.1, -0.05) is 0 Å². The molecule has 0 fully saturated rings. The number of ketones is 1. The number of hydrogen-bond donors (Lipinski definition) is 1. The molecule has 0 heterocycles. The van der Waals surface area contributed by atoms with E-state index in [1.165, 1.54) is 13.8 Å². The number of rotatable bonds is 1. The summed E-state index contributed by atoms with van der Waals surface area (Å²) in [5, 5.41) is 8.60. The summed E-state index contributed by atoms with van der Waals surface area (Å²) in [7, 11) is 0. The van der Waals surface area contributed by atoms with Crippen LogP contribution in [0.15, 0.2) is 10.2 Å². The highest BCUT2D eigenvalue weighted by atomic mass is 79.9. The Morgan fingerprint density at radius 1 is 1.50 bits per heavy atom. The van der Waals surface area contributed by atoms with Crippen molar-refractivity contribution in [2.45, 2.75) is 13.8 Å². The van der Waals surface area contributed by atoms with Gasteiger partial charge in [0.15, 0.2) is 5.78 Å². The molecule has 0 aliphatic carbocycles. The molecule has 0 rings (SSSR count). The standard InChI is InChI=1S/C5H7BrO2/c1-3(7)5(6)4(2)8/h7H,1-2H3/b5-3+. The van der Waals surface area contributed by atoms with E-state index in [9.17, 15) is 4.79 Å². The van der Waals surface area contributed by atoms with Crippen LogP contribution in [-0.4, -0.2) is 10.9 Å². The quantitative estimate of drug-likeness (QED) is 0.491. The van der Waals surface area contributed by atoms with Crippen LogP contribution in [0.25, 0.3) is 0 Å². The number of allylic oxidation sites excluding steroid dienone is 2. The third-order valence-corrected chi connectivity index (χ3v) is 1.76. The lowest BCUT2D eigenvalue weighted by molar-refractivity contribution is -0.113. The Labute approximate surface area is 56.3 Å². The van der Waals surface area contributed by atoms with Gasteiger partial charge in [0.25, 0.3) is 0 Å². The summed E-state index contributed by atoms with van der Waals surface area (Å²) in [6.45, 7) is 2.83. The molecule has 46 valence electrons. The van der Waals surface area contributed by atoms with Gasteiger partial charge in [-0.2, -0.15) is 0 Å². The Bertz CT molecular complexity index is 133. The van der Waals surface area contributed by atoms with E-state index in [2.05, 4.69) is 15.9 Å². The fourth-order valence-corrected chi connectivity index (χ4v) is 0.255. The number of aliphatic hydroxyl groups excluding tert-OH is 1. The number of carbonyl (C=O) groups is 1. The maximum Gasteiger partial charge on any atom is 0.170 e. The van der Waals surface area contributed by atoms with Gasteiger partial charge in [0.05, 0.1) is 4.48 Å². The third-order valence-electron chi connectivity index (χ3n) is 0.627. The summed E-state index contributed by atoms with van der Waals surface area (Å²) >= 11 is 2.89. The van der Waals surface area contributed by atoms with Gasteiger partial charge in [-0.05, 0) is 29.8 Å². The van der Waals surface area contributed by atoms with Crippen molar-refractivity contribution >= 4 is 21.7 Å². The molecule has 3 heteroatoms. The molecular weight excluding hydrogens is 172 g/mol. The lowest BCUT2D eigenvalue weighted by Gasteiger charge is -1.90. The lowest BCUT2D eigenvalue weighted by Crippen LogP contribution is -1.90. The first-order chi connectivity index (χ1) is 3.55. The van der Waals surface area contributed by atoms with E-state index in [0.717, 1.165) is 0 Å². The van der Waals surface area contributed by atoms with Crippen LogP contribution in [0.1, 0.15) is 13.8 Å². The SMILES string of the molecule is CC(=O)/C(Br)=C(/C)O. The van der Waals surface area contributed by atoms with Gasteiger partial charge in [-0.15, -0.1) is 0 Å². The first-order valence-electron chi connectivity index (χ1n) is 2.12. The van der Waals surface area contributed by atoms with E-state index in [0.29, 0.717) is 0 Å². The van der Waals surface area contributed by atoms with Crippen molar-refractivity contribution in [3.63, 3.8) is 0 Å². The van der Waals surface area contributed by atoms with Crippen molar-refractivity contribution in [2.75, 3.05) is 0 Å². The molecule has 0 aliphatic rings. The lowest BCUT2D eigenvalue weighted by atomic mass is 10.4. The Hall–Kier alpha value is -0.310. The molecule has 0 saturated heterocycles. The van der Waals surface area contributed by atoms with Crippen LogP contribution in [-0.2, 0) is 4.79 Å². The number of aliphatic hydroxyl groups is 1. The monoisotopic (exact) mass is 178 g/mol. The number of Topliss-reactive ketones (excluding diaryl/α,β-unsaturated/α-hetero) is 1. The molecule has 0 atom stereocenters. The summed E-state index contributed by atoms with van der Waals surface area (Å²) in [5.41, 5.74) is 0. The Morgan fingerprint density at radius 3 is 1.88 bits per heavy atom. The maximum atomic E-state index is 10.3. The molecule has 0 aromatic carbocycles. The van der Waals surface area contributed by atoms with E-state index in [-0.39, 0.29) is 16.0 Å². The van der Waals surface area contributed by atoms with Crippen molar-refractivity contribution in [3.05, 3.63) is 10.2 Å². The highest BCUT2D eigenvalue weighted by Gasteiger charge is 2.00. The van der Waals surface area contributed by atoms with E-state index < -0.39 is 0 Å². The molecule has 0 saturated carbocycles. The molecule has 1 N–H and O–H groups in total. The van der Waals surface area contributed by atoms with Gasteiger partial charge >= 0.3 is 0 Å². The summed E-state index contributed by atoms with van der Waals surface area (Å²) in [4.78, 5) is 10.3. The van der Waals surface area contributed by atoms with Crippen LogP contribution >= 0.6 is 15.9 Å². The van der Waals surface area contributed by atoms with Crippen molar-refractivity contribution in [1.29, 1.82) is 0 Å². The van der Waals surface area contributed by atoms with Crippen LogP contribution in [0.2, 0.25) is 0 Å². The minimum atomic E-state index is -0.162. The average molecular weight is 179 g/mol. The second kappa shape index (κ2) is 2.87. The molecule has 0 bridgehead atoms. The Morgan fingerprint density at radius 2 is 1.88 bits per heavy atom. The molecule has 0 aliphatic heterocycles. The Kier molecular flexibility index (Phi) is 2.76. The first-order valence-corrected chi connectivity index (χ1v) is 2.91. The molecule has 2 nitrogen and oxygen atoms in total. The summed E-state index contributed by atoms with van der Waals surface area (Å²) in [6.07, 6.45) is 0. The fraction of sp³-hybridized carbons (Fsp3) is 0.400. The normalized spacial score (nSPS) is 12.9. The van der Waals surface area contributed by atoms with Crippen LogP contribution in [0, 0.1) is 0 Å². The number of halogens is 1.